The van der Waals surface area contributed by atoms with Gasteiger partial charge in [-0.05, 0) is 37.2 Å². The van der Waals surface area contributed by atoms with Gasteiger partial charge < -0.3 is 10.5 Å². The van der Waals surface area contributed by atoms with Gasteiger partial charge in [-0.25, -0.2) is 0 Å². The summed E-state index contributed by atoms with van der Waals surface area (Å²) in [6.07, 6.45) is 4.78. The Bertz CT molecular complexity index is 380. The molecule has 0 amide bonds. The molecule has 1 saturated heterocycles. The fourth-order valence-electron chi connectivity index (χ4n) is 2.33. The van der Waals surface area contributed by atoms with E-state index in [-0.39, 0.29) is 11.5 Å². The van der Waals surface area contributed by atoms with Gasteiger partial charge in [-0.15, -0.1) is 5.10 Å². The molecule has 2 heterocycles. The Morgan fingerprint density at radius 2 is 2.28 bits per heavy atom. The Kier molecular flexibility index (Phi) is 4.35. The molecule has 1 fully saturated rings. The van der Waals surface area contributed by atoms with E-state index in [1.807, 2.05) is 0 Å². The molecule has 1 aliphatic rings. The summed E-state index contributed by atoms with van der Waals surface area (Å²) in [6.45, 7) is 7.37. The van der Waals surface area contributed by atoms with E-state index in [0.717, 1.165) is 30.0 Å². The molecular weight excluding hydrogens is 246 g/mol. The van der Waals surface area contributed by atoms with E-state index < -0.39 is 0 Å². The molecule has 0 spiro atoms. The molecule has 2 unspecified atom stereocenters. The van der Waals surface area contributed by atoms with Gasteiger partial charge in [0.2, 0.25) is 0 Å². The largest absolute Gasteiger partial charge is 0.378 e. The van der Waals surface area contributed by atoms with Crippen LogP contribution in [0.4, 0.5) is 0 Å². The fraction of sp³-hybridized carbons (Fsp3) is 0.846. The van der Waals surface area contributed by atoms with E-state index >= 15 is 0 Å². The molecule has 1 aromatic rings. The lowest BCUT2D eigenvalue weighted by molar-refractivity contribution is 0.101. The van der Waals surface area contributed by atoms with Gasteiger partial charge in [0.25, 0.3) is 0 Å². The van der Waals surface area contributed by atoms with Gasteiger partial charge in [0, 0.05) is 18.1 Å². The molecule has 2 rings (SSSR count). The molecule has 0 bridgehead atoms. The monoisotopic (exact) mass is 269 g/mol. The van der Waals surface area contributed by atoms with Crippen molar-refractivity contribution >= 4 is 11.5 Å². The lowest BCUT2D eigenvalue weighted by Gasteiger charge is -2.20. The van der Waals surface area contributed by atoms with Crippen LogP contribution < -0.4 is 5.73 Å². The summed E-state index contributed by atoms with van der Waals surface area (Å²) in [5.41, 5.74) is 7.36. The average Bonchev–Trinajstić information content (AvgIpc) is 2.95. The Morgan fingerprint density at radius 1 is 1.50 bits per heavy atom. The molecule has 102 valence electrons. The van der Waals surface area contributed by atoms with Crippen LogP contribution in [0.2, 0.25) is 0 Å². The minimum atomic E-state index is 0.0177. The molecule has 5 heteroatoms. The van der Waals surface area contributed by atoms with Crippen molar-refractivity contribution in [1.82, 2.24) is 9.59 Å². The number of aromatic nitrogens is 2. The van der Waals surface area contributed by atoms with E-state index in [0.29, 0.717) is 6.10 Å². The van der Waals surface area contributed by atoms with Crippen molar-refractivity contribution in [3.63, 3.8) is 0 Å². The van der Waals surface area contributed by atoms with Crippen molar-refractivity contribution in [2.24, 2.45) is 5.73 Å². The van der Waals surface area contributed by atoms with Crippen molar-refractivity contribution in [2.45, 2.75) is 64.0 Å². The molecule has 18 heavy (non-hydrogen) atoms. The van der Waals surface area contributed by atoms with Crippen molar-refractivity contribution in [2.75, 3.05) is 6.61 Å². The van der Waals surface area contributed by atoms with Crippen molar-refractivity contribution in [3.05, 3.63) is 10.6 Å². The van der Waals surface area contributed by atoms with Crippen LogP contribution in [-0.4, -0.2) is 22.3 Å². The Labute approximate surface area is 113 Å². The molecule has 0 aliphatic carbocycles. The van der Waals surface area contributed by atoms with Crippen LogP contribution in [0.1, 0.15) is 63.1 Å². The summed E-state index contributed by atoms with van der Waals surface area (Å²) in [6, 6.07) is 0.0448. The number of ether oxygens (including phenoxy) is 1. The third-order valence-corrected chi connectivity index (χ3v) is 4.24. The van der Waals surface area contributed by atoms with Gasteiger partial charge in [-0.1, -0.05) is 25.3 Å². The maximum absolute atomic E-state index is 6.29. The van der Waals surface area contributed by atoms with E-state index in [1.165, 1.54) is 24.4 Å². The first kappa shape index (κ1) is 13.9. The average molecular weight is 269 g/mol. The second-order valence-corrected chi connectivity index (χ2v) is 6.84. The van der Waals surface area contributed by atoms with Crippen LogP contribution in [-0.2, 0) is 10.2 Å². The number of hydrogen-bond acceptors (Lipinski definition) is 5. The van der Waals surface area contributed by atoms with Gasteiger partial charge in [0.05, 0.1) is 16.7 Å². The fourth-order valence-corrected chi connectivity index (χ4v) is 3.23. The minimum absolute atomic E-state index is 0.0177. The summed E-state index contributed by atoms with van der Waals surface area (Å²) in [7, 11) is 0. The maximum Gasteiger partial charge on any atom is 0.0856 e. The molecule has 1 aliphatic heterocycles. The number of nitrogens with zero attached hydrogens (tertiary/aromatic N) is 2. The van der Waals surface area contributed by atoms with Crippen molar-refractivity contribution in [1.29, 1.82) is 0 Å². The normalized spacial score (nSPS) is 22.3. The second kappa shape index (κ2) is 5.63. The van der Waals surface area contributed by atoms with Gasteiger partial charge >= 0.3 is 0 Å². The lowest BCUT2D eigenvalue weighted by Crippen LogP contribution is -2.20. The van der Waals surface area contributed by atoms with Gasteiger partial charge in [0.15, 0.2) is 0 Å². The number of rotatable bonds is 4. The molecule has 2 N–H and O–H groups in total. The molecule has 0 aromatic carbocycles. The van der Waals surface area contributed by atoms with Gasteiger partial charge in [0.1, 0.15) is 0 Å². The third-order valence-electron chi connectivity index (χ3n) is 3.38. The second-order valence-electron chi connectivity index (χ2n) is 6.05. The van der Waals surface area contributed by atoms with Crippen LogP contribution in [0.5, 0.6) is 0 Å². The standard InChI is InChI=1S/C13H23N3OS/c1-13(2,3)12-11(18-16-15-12)10(14)7-6-9-5-4-8-17-9/h9-10H,4-8,14H2,1-3H3. The minimum Gasteiger partial charge on any atom is -0.378 e. The zero-order valence-corrected chi connectivity index (χ0v) is 12.3. The highest BCUT2D eigenvalue weighted by Gasteiger charge is 2.26. The highest BCUT2D eigenvalue weighted by Crippen LogP contribution is 2.32. The van der Waals surface area contributed by atoms with E-state index in [4.69, 9.17) is 10.5 Å². The molecule has 2 atom stereocenters. The van der Waals surface area contributed by atoms with Crippen LogP contribution in [0.3, 0.4) is 0 Å². The van der Waals surface area contributed by atoms with E-state index in [2.05, 4.69) is 30.4 Å². The third kappa shape index (κ3) is 3.28. The molecule has 1 aromatic heterocycles. The van der Waals surface area contributed by atoms with Crippen LogP contribution >= 0.6 is 11.5 Å². The van der Waals surface area contributed by atoms with Crippen LogP contribution in [0.15, 0.2) is 0 Å². The zero-order chi connectivity index (χ0) is 13.2. The van der Waals surface area contributed by atoms with E-state index in [1.54, 1.807) is 0 Å². The summed E-state index contributed by atoms with van der Waals surface area (Å²) in [4.78, 5) is 1.14. The van der Waals surface area contributed by atoms with E-state index in [9.17, 15) is 0 Å². The first-order chi connectivity index (χ1) is 8.48. The molecule has 0 radical (unpaired) electrons. The predicted molar refractivity (Wildman–Crippen MR) is 73.7 cm³/mol. The SMILES string of the molecule is CC(C)(C)c1nnsc1C(N)CCC1CCCO1. The zero-order valence-electron chi connectivity index (χ0n) is 11.5. The molecule has 0 saturated carbocycles. The topological polar surface area (TPSA) is 61.0 Å². The van der Waals surface area contributed by atoms with Crippen molar-refractivity contribution < 1.29 is 4.74 Å². The summed E-state index contributed by atoms with van der Waals surface area (Å²) >= 11 is 1.44. The smallest absolute Gasteiger partial charge is 0.0856 e. The molecule has 4 nitrogen and oxygen atoms in total. The van der Waals surface area contributed by atoms with Crippen molar-refractivity contribution in [3.8, 4) is 0 Å². The molecular formula is C13H23N3OS. The first-order valence-corrected chi connectivity index (χ1v) is 7.45. The van der Waals surface area contributed by atoms with Crippen LogP contribution in [0, 0.1) is 0 Å². The highest BCUT2D eigenvalue weighted by molar-refractivity contribution is 7.05. The van der Waals surface area contributed by atoms with Gasteiger partial charge in [-0.2, -0.15) is 0 Å². The Hall–Kier alpha value is -0.520. The number of hydrogen-bond donors (Lipinski definition) is 1. The summed E-state index contributed by atoms with van der Waals surface area (Å²) in [5, 5.41) is 4.25. The summed E-state index contributed by atoms with van der Waals surface area (Å²) in [5.74, 6) is 0. The first-order valence-electron chi connectivity index (χ1n) is 6.68. The maximum atomic E-state index is 6.29. The lowest BCUT2D eigenvalue weighted by atomic mass is 9.89. The quantitative estimate of drug-likeness (QED) is 0.913. The highest BCUT2D eigenvalue weighted by atomic mass is 32.1. The predicted octanol–water partition coefficient (Wildman–Crippen LogP) is 2.79. The Balaban J connectivity index is 1.96. The van der Waals surface area contributed by atoms with Crippen LogP contribution in [0.25, 0.3) is 0 Å². The summed E-state index contributed by atoms with van der Waals surface area (Å²) < 4.78 is 9.70. The Morgan fingerprint density at radius 3 is 2.89 bits per heavy atom. The number of nitrogens with two attached hydrogens (primary N) is 1. The van der Waals surface area contributed by atoms with Gasteiger partial charge in [-0.3, -0.25) is 0 Å².